The van der Waals surface area contributed by atoms with E-state index in [-0.39, 0.29) is 18.3 Å². The van der Waals surface area contributed by atoms with Crippen molar-refractivity contribution in [2.45, 2.75) is 26.6 Å². The van der Waals surface area contributed by atoms with E-state index in [2.05, 4.69) is 28.7 Å². The fourth-order valence-corrected chi connectivity index (χ4v) is 4.06. The number of rotatable bonds is 4. The predicted octanol–water partition coefficient (Wildman–Crippen LogP) is 3.38. The van der Waals surface area contributed by atoms with Gasteiger partial charge >= 0.3 is 0 Å². The number of halogens is 1. The third kappa shape index (κ3) is 3.67. The number of carbonyl (C=O) groups excluding carboxylic acids is 1. The first-order chi connectivity index (χ1) is 12.2. The molecular weight excluding hydrogens is 368 g/mol. The van der Waals surface area contributed by atoms with Crippen LogP contribution in [0.2, 0.25) is 0 Å². The molecule has 7 heteroatoms. The molecular formula is C19H21ClN4OS. The second kappa shape index (κ2) is 8.03. The zero-order valence-corrected chi connectivity index (χ0v) is 16.1. The summed E-state index contributed by atoms with van der Waals surface area (Å²) in [6, 6.07) is 12.1. The van der Waals surface area contributed by atoms with Crippen molar-refractivity contribution in [2.24, 2.45) is 0 Å². The summed E-state index contributed by atoms with van der Waals surface area (Å²) in [4.78, 5) is 13.9. The van der Waals surface area contributed by atoms with E-state index in [0.29, 0.717) is 6.54 Å². The predicted molar refractivity (Wildman–Crippen MR) is 107 cm³/mol. The molecule has 0 aliphatic carbocycles. The number of benzene rings is 1. The Bertz CT molecular complexity index is 880. The molecule has 0 radical (unpaired) electrons. The molecule has 0 spiro atoms. The van der Waals surface area contributed by atoms with Gasteiger partial charge in [0, 0.05) is 28.9 Å². The Morgan fingerprint density at radius 3 is 2.92 bits per heavy atom. The fourth-order valence-electron chi connectivity index (χ4n) is 3.19. The summed E-state index contributed by atoms with van der Waals surface area (Å²) < 4.78 is 2.02. The summed E-state index contributed by atoms with van der Waals surface area (Å²) in [7, 11) is 0. The highest BCUT2D eigenvalue weighted by atomic mass is 35.5. The number of nitrogens with zero attached hydrogens (tertiary/aromatic N) is 2. The Balaban J connectivity index is 0.00000196. The summed E-state index contributed by atoms with van der Waals surface area (Å²) >= 11 is 1.61. The normalized spacial score (nSPS) is 13.0. The summed E-state index contributed by atoms with van der Waals surface area (Å²) in [5.41, 5.74) is 4.91. The molecule has 26 heavy (non-hydrogen) atoms. The van der Waals surface area contributed by atoms with Crippen molar-refractivity contribution in [1.29, 1.82) is 0 Å². The van der Waals surface area contributed by atoms with Crippen LogP contribution < -0.4 is 10.6 Å². The zero-order chi connectivity index (χ0) is 17.2. The summed E-state index contributed by atoms with van der Waals surface area (Å²) in [5.74, 6) is -0.0488. The number of hydrogen-bond donors (Lipinski definition) is 2. The Morgan fingerprint density at radius 2 is 2.15 bits per heavy atom. The van der Waals surface area contributed by atoms with Crippen molar-refractivity contribution >= 4 is 29.7 Å². The monoisotopic (exact) mass is 388 g/mol. The van der Waals surface area contributed by atoms with Crippen LogP contribution in [-0.4, -0.2) is 22.2 Å². The Labute approximate surface area is 162 Å². The first-order valence-electron chi connectivity index (χ1n) is 8.40. The number of hydrogen-bond acceptors (Lipinski definition) is 4. The van der Waals surface area contributed by atoms with E-state index in [0.717, 1.165) is 46.9 Å². The van der Waals surface area contributed by atoms with Crippen LogP contribution in [0.25, 0.3) is 11.1 Å². The summed E-state index contributed by atoms with van der Waals surface area (Å²) in [6.07, 6.45) is 0. The molecule has 2 N–H and O–H groups in total. The maximum Gasteiger partial charge on any atom is 0.253 e. The SMILES string of the molecule is Cc1scc(C(=O)NCc2cc3n(n2)CCNC3)c1-c1ccccc1.Cl. The standard InChI is InChI=1S/C19H20N4OS.ClH/c1-13-18(14-5-3-2-4-6-14)17(12-25-13)19(24)21-10-15-9-16-11-20-7-8-23(16)22-15;/h2-6,9,12,20H,7-8,10-11H2,1H3,(H,21,24);1H. The van der Waals surface area contributed by atoms with Crippen LogP contribution in [0.4, 0.5) is 0 Å². The maximum atomic E-state index is 12.7. The van der Waals surface area contributed by atoms with Gasteiger partial charge in [0.15, 0.2) is 0 Å². The van der Waals surface area contributed by atoms with Crippen molar-refractivity contribution < 1.29 is 4.79 Å². The topological polar surface area (TPSA) is 59.0 Å². The molecule has 1 aromatic carbocycles. The molecule has 3 heterocycles. The number of aromatic nitrogens is 2. The largest absolute Gasteiger partial charge is 0.346 e. The highest BCUT2D eigenvalue weighted by Crippen LogP contribution is 2.32. The lowest BCUT2D eigenvalue weighted by Crippen LogP contribution is -2.28. The van der Waals surface area contributed by atoms with E-state index in [1.54, 1.807) is 11.3 Å². The lowest BCUT2D eigenvalue weighted by molar-refractivity contribution is 0.0951. The van der Waals surface area contributed by atoms with Crippen molar-refractivity contribution in [2.75, 3.05) is 6.54 Å². The maximum absolute atomic E-state index is 12.7. The van der Waals surface area contributed by atoms with Gasteiger partial charge in [-0.2, -0.15) is 5.10 Å². The molecule has 1 aliphatic rings. The Kier molecular flexibility index (Phi) is 5.76. The molecule has 1 aliphatic heterocycles. The number of nitrogens with one attached hydrogen (secondary N) is 2. The van der Waals surface area contributed by atoms with Crippen molar-refractivity contribution in [3.8, 4) is 11.1 Å². The first-order valence-corrected chi connectivity index (χ1v) is 9.28. The minimum Gasteiger partial charge on any atom is -0.346 e. The van der Waals surface area contributed by atoms with Gasteiger partial charge in [0.1, 0.15) is 0 Å². The lowest BCUT2D eigenvalue weighted by Gasteiger charge is -2.13. The van der Waals surface area contributed by atoms with E-state index >= 15 is 0 Å². The Morgan fingerprint density at radius 1 is 1.35 bits per heavy atom. The molecule has 0 atom stereocenters. The second-order valence-electron chi connectivity index (χ2n) is 6.16. The van der Waals surface area contributed by atoms with Gasteiger partial charge in [-0.25, -0.2) is 0 Å². The highest BCUT2D eigenvalue weighted by molar-refractivity contribution is 7.10. The zero-order valence-electron chi connectivity index (χ0n) is 14.5. The van der Waals surface area contributed by atoms with E-state index < -0.39 is 0 Å². The average Bonchev–Trinajstić information content (AvgIpc) is 3.23. The third-order valence-corrected chi connectivity index (χ3v) is 5.34. The van der Waals surface area contributed by atoms with Crippen LogP contribution in [0.15, 0.2) is 41.8 Å². The van der Waals surface area contributed by atoms with E-state index in [1.807, 2.05) is 40.4 Å². The molecule has 1 amide bonds. The molecule has 0 fully saturated rings. The average molecular weight is 389 g/mol. The first kappa shape index (κ1) is 18.6. The molecule has 0 saturated heterocycles. The minimum absolute atomic E-state index is 0. The Hall–Kier alpha value is -2.15. The van der Waals surface area contributed by atoms with Gasteiger partial charge in [0.25, 0.3) is 5.91 Å². The molecule has 0 unspecified atom stereocenters. The van der Waals surface area contributed by atoms with E-state index in [9.17, 15) is 4.79 Å². The highest BCUT2D eigenvalue weighted by Gasteiger charge is 2.18. The lowest BCUT2D eigenvalue weighted by atomic mass is 10.0. The quantitative estimate of drug-likeness (QED) is 0.720. The molecule has 5 nitrogen and oxygen atoms in total. The van der Waals surface area contributed by atoms with Crippen molar-refractivity contribution in [1.82, 2.24) is 20.4 Å². The summed E-state index contributed by atoms with van der Waals surface area (Å²) in [5, 5.41) is 12.9. The van der Waals surface area contributed by atoms with Gasteiger partial charge in [-0.1, -0.05) is 30.3 Å². The van der Waals surface area contributed by atoms with Crippen molar-refractivity contribution in [3.05, 3.63) is 63.6 Å². The molecule has 136 valence electrons. The second-order valence-corrected chi connectivity index (χ2v) is 7.24. The molecule has 4 rings (SSSR count). The van der Waals surface area contributed by atoms with Gasteiger partial charge in [-0.3, -0.25) is 9.48 Å². The van der Waals surface area contributed by atoms with E-state index in [4.69, 9.17) is 0 Å². The van der Waals surface area contributed by atoms with E-state index in [1.165, 1.54) is 5.69 Å². The van der Waals surface area contributed by atoms with Crippen LogP contribution in [0.1, 0.15) is 26.6 Å². The summed E-state index contributed by atoms with van der Waals surface area (Å²) in [6.45, 7) is 5.16. The van der Waals surface area contributed by atoms with Crippen LogP contribution in [-0.2, 0) is 19.6 Å². The number of amides is 1. The molecule has 3 aromatic rings. The number of carbonyl (C=O) groups is 1. The van der Waals surface area contributed by atoms with Crippen LogP contribution >= 0.6 is 23.7 Å². The minimum atomic E-state index is -0.0488. The van der Waals surface area contributed by atoms with Gasteiger partial charge in [-0.15, -0.1) is 23.7 Å². The van der Waals surface area contributed by atoms with Gasteiger partial charge in [0.2, 0.25) is 0 Å². The van der Waals surface area contributed by atoms with Crippen molar-refractivity contribution in [3.63, 3.8) is 0 Å². The fraction of sp³-hybridized carbons (Fsp3) is 0.263. The number of fused-ring (bicyclic) bond motifs is 1. The van der Waals surface area contributed by atoms with Gasteiger partial charge in [-0.05, 0) is 18.6 Å². The van der Waals surface area contributed by atoms with Crippen LogP contribution in [0.5, 0.6) is 0 Å². The number of thiophene rings is 1. The number of aryl methyl sites for hydroxylation is 1. The molecule has 0 bridgehead atoms. The smallest absolute Gasteiger partial charge is 0.253 e. The third-order valence-electron chi connectivity index (χ3n) is 4.43. The van der Waals surface area contributed by atoms with Crippen LogP contribution in [0.3, 0.4) is 0 Å². The molecule has 0 saturated carbocycles. The van der Waals surface area contributed by atoms with Gasteiger partial charge in [0.05, 0.1) is 30.0 Å². The molecule has 2 aromatic heterocycles. The van der Waals surface area contributed by atoms with Gasteiger partial charge < -0.3 is 10.6 Å². The van der Waals surface area contributed by atoms with Crippen LogP contribution in [0, 0.1) is 6.92 Å².